The van der Waals surface area contributed by atoms with Gasteiger partial charge in [-0.3, -0.25) is 4.68 Å². The summed E-state index contributed by atoms with van der Waals surface area (Å²) in [7, 11) is 0. The first-order valence-corrected chi connectivity index (χ1v) is 3.33. The summed E-state index contributed by atoms with van der Waals surface area (Å²) in [5.41, 5.74) is 1.29. The Hall–Kier alpha value is -1.12. The SMILES string of the molecule is CCn1ccc(C(C)=N)n1. The summed E-state index contributed by atoms with van der Waals surface area (Å²) < 4.78 is 1.81. The van der Waals surface area contributed by atoms with Gasteiger partial charge in [-0.15, -0.1) is 0 Å². The number of hydrogen-bond donors (Lipinski definition) is 1. The van der Waals surface area contributed by atoms with E-state index >= 15 is 0 Å². The highest BCUT2D eigenvalue weighted by Crippen LogP contribution is 1.95. The molecule has 0 aliphatic carbocycles. The third kappa shape index (κ3) is 1.23. The monoisotopic (exact) mass is 137 g/mol. The van der Waals surface area contributed by atoms with E-state index < -0.39 is 0 Å². The Kier molecular flexibility index (Phi) is 1.85. The van der Waals surface area contributed by atoms with E-state index in [1.807, 2.05) is 23.9 Å². The fourth-order valence-corrected chi connectivity index (χ4v) is 0.738. The Labute approximate surface area is 60.2 Å². The average molecular weight is 137 g/mol. The Balaban J connectivity index is 2.88. The molecule has 0 unspecified atom stereocenters. The van der Waals surface area contributed by atoms with Crippen LogP contribution in [0.4, 0.5) is 0 Å². The highest BCUT2D eigenvalue weighted by molar-refractivity contribution is 5.94. The molecule has 1 aromatic heterocycles. The predicted octanol–water partition coefficient (Wildman–Crippen LogP) is 1.29. The van der Waals surface area contributed by atoms with Gasteiger partial charge < -0.3 is 5.41 Å². The second kappa shape index (κ2) is 2.64. The molecule has 1 N–H and O–H groups in total. The molecular formula is C7H11N3. The van der Waals surface area contributed by atoms with E-state index in [1.54, 1.807) is 6.92 Å². The number of aromatic nitrogens is 2. The van der Waals surface area contributed by atoms with Crippen LogP contribution in [-0.2, 0) is 6.54 Å². The van der Waals surface area contributed by atoms with Gasteiger partial charge in [-0.05, 0) is 19.9 Å². The van der Waals surface area contributed by atoms with Gasteiger partial charge in [0.25, 0.3) is 0 Å². The molecule has 1 heterocycles. The minimum atomic E-state index is 0.521. The third-order valence-corrected chi connectivity index (χ3v) is 1.35. The average Bonchev–Trinajstić information content (AvgIpc) is 2.34. The summed E-state index contributed by atoms with van der Waals surface area (Å²) in [6, 6.07) is 1.85. The molecule has 0 saturated carbocycles. The molecule has 0 amide bonds. The van der Waals surface area contributed by atoms with E-state index in [9.17, 15) is 0 Å². The zero-order chi connectivity index (χ0) is 7.56. The van der Waals surface area contributed by atoms with Crippen LogP contribution in [0.3, 0.4) is 0 Å². The first-order chi connectivity index (χ1) is 4.74. The van der Waals surface area contributed by atoms with Crippen LogP contribution in [-0.4, -0.2) is 15.5 Å². The summed E-state index contributed by atoms with van der Waals surface area (Å²) in [6.07, 6.45) is 1.88. The number of rotatable bonds is 2. The van der Waals surface area contributed by atoms with E-state index in [2.05, 4.69) is 5.10 Å². The normalized spacial score (nSPS) is 9.80. The molecule has 3 nitrogen and oxygen atoms in total. The molecule has 0 fully saturated rings. The minimum absolute atomic E-state index is 0.521. The van der Waals surface area contributed by atoms with Gasteiger partial charge in [0.05, 0.1) is 5.71 Å². The zero-order valence-electron chi connectivity index (χ0n) is 6.26. The highest BCUT2D eigenvalue weighted by atomic mass is 15.3. The molecule has 10 heavy (non-hydrogen) atoms. The maximum atomic E-state index is 7.25. The van der Waals surface area contributed by atoms with Gasteiger partial charge in [0, 0.05) is 12.7 Å². The maximum absolute atomic E-state index is 7.25. The molecule has 0 radical (unpaired) electrons. The summed E-state index contributed by atoms with van der Waals surface area (Å²) in [6.45, 7) is 4.63. The standard InChI is InChI=1S/C7H11N3/c1-3-10-5-4-7(9-10)6(2)8/h4-5,8H,3H2,1-2H3. The molecule has 1 rings (SSSR count). The van der Waals surface area contributed by atoms with Crippen LogP contribution in [0.5, 0.6) is 0 Å². The van der Waals surface area contributed by atoms with E-state index in [0.29, 0.717) is 5.71 Å². The fourth-order valence-electron chi connectivity index (χ4n) is 0.738. The van der Waals surface area contributed by atoms with Gasteiger partial charge in [-0.25, -0.2) is 0 Å². The molecule has 0 saturated heterocycles. The molecule has 0 aromatic carbocycles. The summed E-state index contributed by atoms with van der Waals surface area (Å²) in [5, 5.41) is 11.4. The zero-order valence-corrected chi connectivity index (χ0v) is 6.26. The van der Waals surface area contributed by atoms with Crippen molar-refractivity contribution in [1.82, 2.24) is 9.78 Å². The van der Waals surface area contributed by atoms with Crippen LogP contribution in [0.2, 0.25) is 0 Å². The van der Waals surface area contributed by atoms with Crippen molar-refractivity contribution in [3.8, 4) is 0 Å². The quantitative estimate of drug-likeness (QED) is 0.613. The van der Waals surface area contributed by atoms with E-state index in [-0.39, 0.29) is 0 Å². The molecule has 0 bridgehead atoms. The van der Waals surface area contributed by atoms with Crippen molar-refractivity contribution in [3.63, 3.8) is 0 Å². The van der Waals surface area contributed by atoms with Crippen LogP contribution in [0.15, 0.2) is 12.3 Å². The molecular weight excluding hydrogens is 126 g/mol. The molecule has 3 heteroatoms. The lowest BCUT2D eigenvalue weighted by atomic mass is 10.3. The second-order valence-electron chi connectivity index (χ2n) is 2.18. The Morgan fingerprint density at radius 3 is 2.80 bits per heavy atom. The van der Waals surface area contributed by atoms with E-state index in [4.69, 9.17) is 5.41 Å². The molecule has 1 aromatic rings. The molecule has 0 spiro atoms. The number of hydrogen-bond acceptors (Lipinski definition) is 2. The number of aryl methyl sites for hydroxylation is 1. The lowest BCUT2D eigenvalue weighted by Crippen LogP contribution is -1.98. The predicted molar refractivity (Wildman–Crippen MR) is 40.4 cm³/mol. The van der Waals surface area contributed by atoms with Crippen molar-refractivity contribution in [1.29, 1.82) is 5.41 Å². The van der Waals surface area contributed by atoms with Crippen molar-refractivity contribution >= 4 is 5.71 Å². The second-order valence-corrected chi connectivity index (χ2v) is 2.18. The fraction of sp³-hybridized carbons (Fsp3) is 0.429. The molecule has 0 aliphatic heterocycles. The van der Waals surface area contributed by atoms with Crippen LogP contribution >= 0.6 is 0 Å². The highest BCUT2D eigenvalue weighted by Gasteiger charge is 1.97. The Bertz CT molecular complexity index is 237. The van der Waals surface area contributed by atoms with Crippen molar-refractivity contribution in [2.45, 2.75) is 20.4 Å². The first-order valence-electron chi connectivity index (χ1n) is 3.33. The smallest absolute Gasteiger partial charge is 0.105 e. The van der Waals surface area contributed by atoms with Crippen molar-refractivity contribution < 1.29 is 0 Å². The van der Waals surface area contributed by atoms with E-state index in [1.165, 1.54) is 0 Å². The molecule has 0 atom stereocenters. The van der Waals surface area contributed by atoms with Crippen LogP contribution < -0.4 is 0 Å². The summed E-state index contributed by atoms with van der Waals surface area (Å²) in [4.78, 5) is 0. The largest absolute Gasteiger partial charge is 0.303 e. The van der Waals surface area contributed by atoms with Crippen LogP contribution in [0, 0.1) is 5.41 Å². The summed E-state index contributed by atoms with van der Waals surface area (Å²) >= 11 is 0. The van der Waals surface area contributed by atoms with Gasteiger partial charge in [-0.1, -0.05) is 0 Å². The Morgan fingerprint density at radius 1 is 1.80 bits per heavy atom. The van der Waals surface area contributed by atoms with Gasteiger partial charge in [0.1, 0.15) is 5.69 Å². The molecule has 0 aliphatic rings. The van der Waals surface area contributed by atoms with Crippen molar-refractivity contribution in [2.24, 2.45) is 0 Å². The Morgan fingerprint density at radius 2 is 2.50 bits per heavy atom. The third-order valence-electron chi connectivity index (χ3n) is 1.35. The minimum Gasteiger partial charge on any atom is -0.303 e. The topological polar surface area (TPSA) is 41.7 Å². The van der Waals surface area contributed by atoms with Gasteiger partial charge in [0.2, 0.25) is 0 Å². The lowest BCUT2D eigenvalue weighted by molar-refractivity contribution is 0.658. The lowest BCUT2D eigenvalue weighted by Gasteiger charge is -1.91. The molecule has 54 valence electrons. The number of nitrogens with one attached hydrogen (secondary N) is 1. The maximum Gasteiger partial charge on any atom is 0.105 e. The summed E-state index contributed by atoms with van der Waals surface area (Å²) in [5.74, 6) is 0. The van der Waals surface area contributed by atoms with Gasteiger partial charge in [0.15, 0.2) is 0 Å². The van der Waals surface area contributed by atoms with E-state index in [0.717, 1.165) is 12.2 Å². The van der Waals surface area contributed by atoms with Gasteiger partial charge in [-0.2, -0.15) is 5.10 Å². The van der Waals surface area contributed by atoms with Crippen molar-refractivity contribution in [2.75, 3.05) is 0 Å². The van der Waals surface area contributed by atoms with Crippen molar-refractivity contribution in [3.05, 3.63) is 18.0 Å². The number of nitrogens with zero attached hydrogens (tertiary/aromatic N) is 2. The first kappa shape index (κ1) is 6.99. The van der Waals surface area contributed by atoms with Gasteiger partial charge >= 0.3 is 0 Å². The van der Waals surface area contributed by atoms with Crippen LogP contribution in [0.1, 0.15) is 19.5 Å². The van der Waals surface area contributed by atoms with Crippen LogP contribution in [0.25, 0.3) is 0 Å².